The number of rotatable bonds is 3. The molecule has 2 heterocycles. The lowest BCUT2D eigenvalue weighted by atomic mass is 10.0. The maximum Gasteiger partial charge on any atom is 0.276 e. The lowest BCUT2D eigenvalue weighted by molar-refractivity contribution is -0.131. The third-order valence-electron chi connectivity index (χ3n) is 3.54. The second-order valence-electron chi connectivity index (χ2n) is 6.12. The first-order chi connectivity index (χ1) is 11.6. The van der Waals surface area contributed by atoms with Gasteiger partial charge in [0.05, 0.1) is 17.6 Å². The number of hydrogen-bond acceptors (Lipinski definition) is 5. The molecule has 0 aliphatic carbocycles. The molecule has 1 aromatic heterocycles. The van der Waals surface area contributed by atoms with Gasteiger partial charge < -0.3 is 4.74 Å². The summed E-state index contributed by atoms with van der Waals surface area (Å²) in [4.78, 5) is 17.9. The number of hydrogen-bond donors (Lipinski definition) is 1. The molecule has 132 valence electrons. The summed E-state index contributed by atoms with van der Waals surface area (Å²) >= 11 is 0. The molecule has 0 radical (unpaired) electrons. The van der Waals surface area contributed by atoms with Crippen molar-refractivity contribution >= 4 is 33.1 Å². The summed E-state index contributed by atoms with van der Waals surface area (Å²) in [5, 5.41) is 0. The van der Waals surface area contributed by atoms with E-state index in [2.05, 4.69) is 9.71 Å². The predicted octanol–water partition coefficient (Wildman–Crippen LogP) is 2.43. The number of amides is 1. The molecule has 7 nitrogen and oxygen atoms in total. The highest BCUT2D eigenvalue weighted by Gasteiger charge is 2.43. The first kappa shape index (κ1) is 17.2. The van der Waals surface area contributed by atoms with E-state index >= 15 is 0 Å². The lowest BCUT2D eigenvalue weighted by Gasteiger charge is -2.38. The van der Waals surface area contributed by atoms with Crippen LogP contribution in [0.4, 0.5) is 21.6 Å². The standard InChI is InChI=1S/C16H16FN3O4S/c1-16(2)15(21)20(14-11(17)5-4-8-18-14)12-7-6-10(9-13(12)24-16)19-25(3,22)23/h4-9,19H,1-3H3. The number of pyridine rings is 1. The number of sulfonamides is 1. The molecule has 0 fully saturated rings. The van der Waals surface area contributed by atoms with E-state index in [1.165, 1.54) is 36.5 Å². The third-order valence-corrected chi connectivity index (χ3v) is 4.14. The number of nitrogens with zero attached hydrogens (tertiary/aromatic N) is 2. The van der Waals surface area contributed by atoms with Crippen LogP contribution < -0.4 is 14.4 Å². The van der Waals surface area contributed by atoms with Gasteiger partial charge in [0.15, 0.2) is 17.2 Å². The van der Waals surface area contributed by atoms with Crippen LogP contribution in [0.1, 0.15) is 13.8 Å². The number of ether oxygens (including phenoxy) is 1. The molecule has 0 atom stereocenters. The van der Waals surface area contributed by atoms with Gasteiger partial charge in [-0.15, -0.1) is 0 Å². The van der Waals surface area contributed by atoms with E-state index in [1.54, 1.807) is 13.8 Å². The zero-order valence-corrected chi connectivity index (χ0v) is 14.6. The molecular formula is C16H16FN3O4S. The van der Waals surface area contributed by atoms with Crippen LogP contribution >= 0.6 is 0 Å². The van der Waals surface area contributed by atoms with Crippen LogP contribution in [0.5, 0.6) is 5.75 Å². The van der Waals surface area contributed by atoms with Gasteiger partial charge >= 0.3 is 0 Å². The maximum absolute atomic E-state index is 14.2. The summed E-state index contributed by atoms with van der Waals surface area (Å²) in [5.41, 5.74) is -0.727. The summed E-state index contributed by atoms with van der Waals surface area (Å²) in [7, 11) is -3.47. The van der Waals surface area contributed by atoms with Crippen LogP contribution in [0.2, 0.25) is 0 Å². The van der Waals surface area contributed by atoms with Crippen molar-refractivity contribution in [3.8, 4) is 5.75 Å². The Morgan fingerprint density at radius 2 is 2.00 bits per heavy atom. The van der Waals surface area contributed by atoms with Crippen molar-refractivity contribution in [3.63, 3.8) is 0 Å². The van der Waals surface area contributed by atoms with Gasteiger partial charge in [-0.3, -0.25) is 14.4 Å². The number of benzene rings is 1. The number of nitrogens with one attached hydrogen (secondary N) is 1. The van der Waals surface area contributed by atoms with E-state index in [-0.39, 0.29) is 22.9 Å². The maximum atomic E-state index is 14.2. The topological polar surface area (TPSA) is 88.6 Å². The zero-order chi connectivity index (χ0) is 18.4. The first-order valence-corrected chi connectivity index (χ1v) is 9.23. The molecule has 0 saturated carbocycles. The molecule has 9 heteroatoms. The summed E-state index contributed by atoms with van der Waals surface area (Å²) in [6.45, 7) is 3.09. The predicted molar refractivity (Wildman–Crippen MR) is 91.0 cm³/mol. The summed E-state index contributed by atoms with van der Waals surface area (Å²) in [6.07, 6.45) is 2.41. The van der Waals surface area contributed by atoms with Crippen LogP contribution in [0, 0.1) is 5.82 Å². The van der Waals surface area contributed by atoms with Gasteiger partial charge in [-0.2, -0.15) is 0 Å². The number of aromatic nitrogens is 1. The fourth-order valence-corrected chi connectivity index (χ4v) is 3.06. The van der Waals surface area contributed by atoms with Crippen molar-refractivity contribution in [2.45, 2.75) is 19.4 Å². The summed E-state index contributed by atoms with van der Waals surface area (Å²) in [5.74, 6) is -1.04. The molecule has 0 spiro atoms. The number of halogens is 1. The van der Waals surface area contributed by atoms with Crippen molar-refractivity contribution < 1.29 is 22.3 Å². The molecule has 0 saturated heterocycles. The van der Waals surface area contributed by atoms with Crippen molar-refractivity contribution in [2.24, 2.45) is 0 Å². The fraction of sp³-hybridized carbons (Fsp3) is 0.250. The Morgan fingerprint density at radius 3 is 2.64 bits per heavy atom. The van der Waals surface area contributed by atoms with Crippen molar-refractivity contribution in [1.82, 2.24) is 4.98 Å². The van der Waals surface area contributed by atoms with Crippen molar-refractivity contribution in [1.29, 1.82) is 0 Å². The van der Waals surface area contributed by atoms with Crippen LogP contribution in [0.15, 0.2) is 36.5 Å². The smallest absolute Gasteiger partial charge is 0.276 e. The number of fused-ring (bicyclic) bond motifs is 1. The molecule has 3 rings (SSSR count). The van der Waals surface area contributed by atoms with Crippen molar-refractivity contribution in [2.75, 3.05) is 15.9 Å². The van der Waals surface area contributed by atoms with Crippen LogP contribution in [-0.4, -0.2) is 31.2 Å². The number of carbonyl (C=O) groups is 1. The second kappa shape index (κ2) is 5.69. The molecule has 25 heavy (non-hydrogen) atoms. The number of carbonyl (C=O) groups excluding carboxylic acids is 1. The highest BCUT2D eigenvalue weighted by molar-refractivity contribution is 7.92. The first-order valence-electron chi connectivity index (χ1n) is 7.34. The van der Waals surface area contributed by atoms with Gasteiger partial charge in [-0.1, -0.05) is 0 Å². The molecular weight excluding hydrogens is 349 g/mol. The molecule has 1 aliphatic rings. The average molecular weight is 365 g/mol. The minimum Gasteiger partial charge on any atom is -0.476 e. The monoisotopic (exact) mass is 365 g/mol. The van der Waals surface area contributed by atoms with E-state index in [0.717, 1.165) is 11.2 Å². The van der Waals surface area contributed by atoms with Gasteiger partial charge in [0, 0.05) is 12.3 Å². The molecule has 1 aliphatic heterocycles. The van der Waals surface area contributed by atoms with Gasteiger partial charge in [-0.05, 0) is 38.1 Å². The Hall–Kier alpha value is -2.68. The van der Waals surface area contributed by atoms with E-state index in [4.69, 9.17) is 4.74 Å². The lowest BCUT2D eigenvalue weighted by Crippen LogP contribution is -2.51. The van der Waals surface area contributed by atoms with Crippen LogP contribution in [0.3, 0.4) is 0 Å². The van der Waals surface area contributed by atoms with Crippen LogP contribution in [0.25, 0.3) is 0 Å². The van der Waals surface area contributed by atoms with Gasteiger partial charge in [0.1, 0.15) is 5.75 Å². The van der Waals surface area contributed by atoms with E-state index in [0.29, 0.717) is 0 Å². The van der Waals surface area contributed by atoms with E-state index < -0.39 is 27.3 Å². The molecule has 2 aromatic rings. The van der Waals surface area contributed by atoms with Crippen molar-refractivity contribution in [3.05, 3.63) is 42.3 Å². The van der Waals surface area contributed by atoms with Gasteiger partial charge in [0.25, 0.3) is 5.91 Å². The van der Waals surface area contributed by atoms with Gasteiger partial charge in [-0.25, -0.2) is 17.8 Å². The Morgan fingerprint density at radius 1 is 1.28 bits per heavy atom. The molecule has 0 bridgehead atoms. The Balaban J connectivity index is 2.16. The fourth-order valence-electron chi connectivity index (χ4n) is 2.51. The molecule has 1 amide bonds. The Kier molecular flexibility index (Phi) is 3.91. The average Bonchev–Trinajstić information content (AvgIpc) is 2.48. The van der Waals surface area contributed by atoms with Crippen LogP contribution in [-0.2, 0) is 14.8 Å². The van der Waals surface area contributed by atoms with E-state index in [1.807, 2.05) is 0 Å². The SMILES string of the molecule is CC1(C)Oc2cc(NS(C)(=O)=O)ccc2N(c2ncccc2F)C1=O. The van der Waals surface area contributed by atoms with Gasteiger partial charge in [0.2, 0.25) is 10.0 Å². The summed E-state index contributed by atoms with van der Waals surface area (Å²) < 4.78 is 45.0. The summed E-state index contributed by atoms with van der Waals surface area (Å²) in [6, 6.07) is 7.01. The Labute approximate surface area is 144 Å². The molecule has 1 N–H and O–H groups in total. The molecule has 1 aromatic carbocycles. The third kappa shape index (κ3) is 3.27. The normalized spacial score (nSPS) is 16.2. The minimum atomic E-state index is -3.47. The number of anilines is 3. The zero-order valence-electron chi connectivity index (χ0n) is 13.8. The highest BCUT2D eigenvalue weighted by atomic mass is 32.2. The largest absolute Gasteiger partial charge is 0.476 e. The highest BCUT2D eigenvalue weighted by Crippen LogP contribution is 2.43. The minimum absolute atomic E-state index is 0.144. The van der Waals surface area contributed by atoms with E-state index in [9.17, 15) is 17.6 Å². The quantitative estimate of drug-likeness (QED) is 0.902. The molecule has 0 unspecified atom stereocenters. The Bertz CT molecular complexity index is 960. The second-order valence-corrected chi connectivity index (χ2v) is 7.87.